The van der Waals surface area contributed by atoms with Gasteiger partial charge in [-0.25, -0.2) is 0 Å². The van der Waals surface area contributed by atoms with E-state index in [-0.39, 0.29) is 6.61 Å². The Morgan fingerprint density at radius 1 is 0.826 bits per heavy atom. The fourth-order valence-corrected chi connectivity index (χ4v) is 2.50. The molecule has 0 heterocycles. The van der Waals surface area contributed by atoms with Gasteiger partial charge in [0.25, 0.3) is 0 Å². The predicted octanol–water partition coefficient (Wildman–Crippen LogP) is 4.48. The van der Waals surface area contributed by atoms with Gasteiger partial charge in [0.15, 0.2) is 0 Å². The monoisotopic (exact) mass is 325 g/mol. The summed E-state index contributed by atoms with van der Waals surface area (Å²) in [5, 5.41) is 18.5. The Hall–Kier alpha value is -0.640. The molecule has 136 valence electrons. The van der Waals surface area contributed by atoms with Crippen molar-refractivity contribution in [3.8, 4) is 0 Å². The van der Waals surface area contributed by atoms with Gasteiger partial charge >= 0.3 is 0 Å². The second kappa shape index (κ2) is 17.7. The average molecular weight is 326 g/mol. The molecule has 23 heavy (non-hydrogen) atoms. The van der Waals surface area contributed by atoms with Crippen LogP contribution in [0.15, 0.2) is 24.3 Å². The Bertz CT molecular complexity index is 289. The molecule has 0 bridgehead atoms. The lowest BCUT2D eigenvalue weighted by molar-refractivity contribution is 0.0990. The van der Waals surface area contributed by atoms with Gasteiger partial charge in [0.2, 0.25) is 0 Å². The second-order valence-electron chi connectivity index (χ2n) is 6.43. The van der Waals surface area contributed by atoms with E-state index in [0.29, 0.717) is 6.42 Å². The molecule has 0 saturated carbocycles. The molecule has 4 N–H and O–H groups in total. The van der Waals surface area contributed by atoms with Crippen molar-refractivity contribution in [2.75, 3.05) is 6.61 Å². The van der Waals surface area contributed by atoms with Crippen LogP contribution in [0.4, 0.5) is 0 Å². The summed E-state index contributed by atoms with van der Waals surface area (Å²) in [5.41, 5.74) is 5.56. The van der Waals surface area contributed by atoms with Crippen molar-refractivity contribution in [3.63, 3.8) is 0 Å². The molecule has 0 aliphatic rings. The van der Waals surface area contributed by atoms with Gasteiger partial charge in [-0.1, -0.05) is 69.8 Å². The third kappa shape index (κ3) is 16.0. The van der Waals surface area contributed by atoms with E-state index in [1.54, 1.807) is 0 Å². The largest absolute Gasteiger partial charge is 0.395 e. The lowest BCUT2D eigenvalue weighted by atomic mass is 10.0. The molecule has 3 heteroatoms. The van der Waals surface area contributed by atoms with Gasteiger partial charge in [0.05, 0.1) is 18.8 Å². The number of hydrogen-bond donors (Lipinski definition) is 3. The molecule has 0 aromatic rings. The van der Waals surface area contributed by atoms with E-state index in [9.17, 15) is 5.11 Å². The number of aliphatic hydroxyl groups is 2. The first kappa shape index (κ1) is 22.4. The van der Waals surface area contributed by atoms with Gasteiger partial charge < -0.3 is 15.9 Å². The lowest BCUT2D eigenvalue weighted by Crippen LogP contribution is -2.37. The molecule has 0 aromatic heterocycles. The van der Waals surface area contributed by atoms with Gasteiger partial charge in [-0.2, -0.15) is 0 Å². The van der Waals surface area contributed by atoms with Crippen molar-refractivity contribution >= 4 is 0 Å². The van der Waals surface area contributed by atoms with Gasteiger partial charge in [-0.15, -0.1) is 0 Å². The minimum absolute atomic E-state index is 0.137. The first-order valence-electron chi connectivity index (χ1n) is 9.56. The van der Waals surface area contributed by atoms with Crippen molar-refractivity contribution in [1.29, 1.82) is 0 Å². The zero-order valence-corrected chi connectivity index (χ0v) is 15.1. The zero-order valence-electron chi connectivity index (χ0n) is 15.1. The van der Waals surface area contributed by atoms with Crippen LogP contribution in [0, 0.1) is 0 Å². The summed E-state index contributed by atoms with van der Waals surface area (Å²) in [6.45, 7) is 2.10. The lowest BCUT2D eigenvalue weighted by Gasteiger charge is -2.15. The molecule has 0 rings (SSSR count). The summed E-state index contributed by atoms with van der Waals surface area (Å²) in [6, 6.07) is -0.485. The summed E-state index contributed by atoms with van der Waals surface area (Å²) in [5.74, 6) is 0. The standard InChI is InChI=1S/C20H39NO2/c1-2-3-4-5-6-7-8-9-10-11-12-13-14-15-16-17-20(23)19(21)18-22/h6-7,9-10,19-20,22-23H,2-5,8,11-18,21H2,1H3. The van der Waals surface area contributed by atoms with Crippen molar-refractivity contribution in [2.45, 2.75) is 96.1 Å². The number of nitrogens with two attached hydrogens (primary N) is 1. The van der Waals surface area contributed by atoms with Crippen LogP contribution < -0.4 is 5.73 Å². The molecular formula is C20H39NO2. The topological polar surface area (TPSA) is 66.5 Å². The zero-order chi connectivity index (χ0) is 17.2. The highest BCUT2D eigenvalue weighted by Crippen LogP contribution is 2.10. The van der Waals surface area contributed by atoms with Gasteiger partial charge in [0, 0.05) is 0 Å². The van der Waals surface area contributed by atoms with Crippen LogP contribution in [-0.4, -0.2) is 29.0 Å². The van der Waals surface area contributed by atoms with E-state index < -0.39 is 12.1 Å². The predicted molar refractivity (Wildman–Crippen MR) is 100 cm³/mol. The first-order chi connectivity index (χ1) is 11.2. The second-order valence-corrected chi connectivity index (χ2v) is 6.43. The fraction of sp³-hybridized carbons (Fsp3) is 0.800. The van der Waals surface area contributed by atoms with E-state index >= 15 is 0 Å². The molecule has 0 aliphatic carbocycles. The molecule has 2 atom stereocenters. The Morgan fingerprint density at radius 3 is 2.00 bits per heavy atom. The normalized spacial score (nSPS) is 14.8. The van der Waals surface area contributed by atoms with Crippen LogP contribution in [0.3, 0.4) is 0 Å². The van der Waals surface area contributed by atoms with Crippen LogP contribution >= 0.6 is 0 Å². The molecule has 0 aromatic carbocycles. The van der Waals surface area contributed by atoms with Crippen molar-refractivity contribution in [3.05, 3.63) is 24.3 Å². The third-order valence-electron chi connectivity index (χ3n) is 4.16. The molecular weight excluding hydrogens is 286 g/mol. The quantitative estimate of drug-likeness (QED) is 0.289. The summed E-state index contributed by atoms with van der Waals surface area (Å²) < 4.78 is 0. The first-order valence-corrected chi connectivity index (χ1v) is 9.56. The molecule has 0 saturated heterocycles. The van der Waals surface area contributed by atoms with Crippen molar-refractivity contribution < 1.29 is 10.2 Å². The Labute approximate surface area is 143 Å². The van der Waals surface area contributed by atoms with Crippen molar-refractivity contribution in [2.24, 2.45) is 5.73 Å². The molecule has 0 spiro atoms. The Balaban J connectivity index is 3.28. The molecule has 2 unspecified atom stereocenters. The summed E-state index contributed by atoms with van der Waals surface area (Å²) in [4.78, 5) is 0. The van der Waals surface area contributed by atoms with E-state index in [1.807, 2.05) is 0 Å². The van der Waals surface area contributed by atoms with Crippen LogP contribution in [-0.2, 0) is 0 Å². The van der Waals surface area contributed by atoms with E-state index in [0.717, 1.165) is 19.3 Å². The molecule has 0 fully saturated rings. The molecule has 0 radical (unpaired) electrons. The average Bonchev–Trinajstić information content (AvgIpc) is 2.57. The maximum atomic E-state index is 9.62. The van der Waals surface area contributed by atoms with Crippen LogP contribution in [0.25, 0.3) is 0 Å². The fourth-order valence-electron chi connectivity index (χ4n) is 2.50. The van der Waals surface area contributed by atoms with Crippen molar-refractivity contribution in [1.82, 2.24) is 0 Å². The van der Waals surface area contributed by atoms with Gasteiger partial charge in [-0.3, -0.25) is 0 Å². The van der Waals surface area contributed by atoms with Crippen LogP contribution in [0.5, 0.6) is 0 Å². The van der Waals surface area contributed by atoms with Gasteiger partial charge in [0.1, 0.15) is 0 Å². The van der Waals surface area contributed by atoms with E-state index in [2.05, 4.69) is 31.2 Å². The number of rotatable bonds is 16. The smallest absolute Gasteiger partial charge is 0.0713 e. The highest BCUT2D eigenvalue weighted by Gasteiger charge is 2.12. The summed E-state index contributed by atoms with van der Waals surface area (Å²) in [7, 11) is 0. The molecule has 3 nitrogen and oxygen atoms in total. The maximum absolute atomic E-state index is 9.62. The number of aliphatic hydroxyl groups excluding tert-OH is 2. The minimum Gasteiger partial charge on any atom is -0.395 e. The summed E-state index contributed by atoms with van der Waals surface area (Å²) >= 11 is 0. The number of allylic oxidation sites excluding steroid dienone is 4. The van der Waals surface area contributed by atoms with E-state index in [1.165, 1.54) is 51.4 Å². The number of unbranched alkanes of at least 4 members (excludes halogenated alkanes) is 8. The highest BCUT2D eigenvalue weighted by molar-refractivity contribution is 4.92. The summed E-state index contributed by atoms with van der Waals surface area (Å²) in [6.07, 6.45) is 22.5. The Kier molecular flexibility index (Phi) is 17.2. The molecule has 0 amide bonds. The molecule has 0 aliphatic heterocycles. The Morgan fingerprint density at radius 2 is 1.39 bits per heavy atom. The third-order valence-corrected chi connectivity index (χ3v) is 4.16. The highest BCUT2D eigenvalue weighted by atomic mass is 16.3. The van der Waals surface area contributed by atoms with Gasteiger partial charge in [-0.05, 0) is 38.5 Å². The minimum atomic E-state index is -0.557. The van der Waals surface area contributed by atoms with Crippen LogP contribution in [0.1, 0.15) is 84.0 Å². The maximum Gasteiger partial charge on any atom is 0.0713 e. The van der Waals surface area contributed by atoms with E-state index in [4.69, 9.17) is 10.8 Å². The SMILES string of the molecule is CCCCCC=CCC=CCCCCCCCC(O)C(N)CO. The van der Waals surface area contributed by atoms with Crippen LogP contribution in [0.2, 0.25) is 0 Å². The number of hydrogen-bond acceptors (Lipinski definition) is 3.